The average Bonchev–Trinajstić information content (AvgIpc) is 3.51. The molecule has 2 aliphatic rings. The van der Waals surface area contributed by atoms with Gasteiger partial charge in [-0.3, -0.25) is 9.36 Å². The summed E-state index contributed by atoms with van der Waals surface area (Å²) in [6.45, 7) is 9.74. The Bertz CT molecular complexity index is 1830. The van der Waals surface area contributed by atoms with Crippen LogP contribution in [0.3, 0.4) is 0 Å². The third-order valence-corrected chi connectivity index (χ3v) is 10.4. The molecule has 7 rings (SSSR count). The van der Waals surface area contributed by atoms with Gasteiger partial charge in [-0.25, -0.2) is 4.98 Å². The number of hydrogen-bond acceptors (Lipinski definition) is 5. The number of rotatable bonds is 5. The fourth-order valence-electron chi connectivity index (χ4n) is 6.92. The summed E-state index contributed by atoms with van der Waals surface area (Å²) >= 11 is 8.17. The molecule has 0 unspecified atom stereocenters. The monoisotopic (exact) mass is 580 g/mol. The number of likely N-dealkylation sites (tertiary alicyclic amines) is 1. The maximum atomic E-state index is 13.1. The number of nitrogens with zero attached hydrogens (tertiary/aromatic N) is 4. The van der Waals surface area contributed by atoms with Gasteiger partial charge in [-0.2, -0.15) is 4.98 Å². The Morgan fingerprint density at radius 1 is 1.02 bits per heavy atom. The Labute approximate surface area is 249 Å². The summed E-state index contributed by atoms with van der Waals surface area (Å²) in [6, 6.07) is 21.3. The van der Waals surface area contributed by atoms with E-state index in [1.807, 2.05) is 17.6 Å². The molecule has 41 heavy (non-hydrogen) atoms. The molecule has 2 aliphatic heterocycles. The number of hydrogen-bond donors (Lipinski definition) is 0. The molecule has 0 bridgehead atoms. The predicted molar refractivity (Wildman–Crippen MR) is 169 cm³/mol. The summed E-state index contributed by atoms with van der Waals surface area (Å²) in [6.07, 6.45) is 3.32. The van der Waals surface area contributed by atoms with E-state index < -0.39 is 0 Å². The van der Waals surface area contributed by atoms with Gasteiger partial charge in [0.2, 0.25) is 0 Å². The van der Waals surface area contributed by atoms with E-state index in [-0.39, 0.29) is 11.0 Å². The highest BCUT2D eigenvalue weighted by Crippen LogP contribution is 2.47. The van der Waals surface area contributed by atoms with Gasteiger partial charge < -0.3 is 4.90 Å². The molecule has 5 nitrogen and oxygen atoms in total. The number of aromatic nitrogens is 3. The van der Waals surface area contributed by atoms with Crippen LogP contribution in [0.25, 0.3) is 27.0 Å². The average molecular weight is 581 g/mol. The molecular weight excluding hydrogens is 548 g/mol. The molecule has 2 aromatic heterocycles. The van der Waals surface area contributed by atoms with Crippen molar-refractivity contribution in [2.75, 3.05) is 19.6 Å². The van der Waals surface area contributed by atoms with Crippen molar-refractivity contribution < 1.29 is 0 Å². The van der Waals surface area contributed by atoms with Gasteiger partial charge in [-0.15, -0.1) is 11.3 Å². The summed E-state index contributed by atoms with van der Waals surface area (Å²) in [5, 5.41) is 0.949. The molecule has 7 heteroatoms. The van der Waals surface area contributed by atoms with E-state index in [4.69, 9.17) is 11.6 Å². The normalized spacial score (nSPS) is 16.7. The van der Waals surface area contributed by atoms with Crippen LogP contribution >= 0.6 is 22.9 Å². The summed E-state index contributed by atoms with van der Waals surface area (Å²) in [4.78, 5) is 25.9. The van der Waals surface area contributed by atoms with Gasteiger partial charge in [0, 0.05) is 6.54 Å². The van der Waals surface area contributed by atoms with Crippen LogP contribution < -0.4 is 5.56 Å². The second kappa shape index (κ2) is 10.2. The Balaban J connectivity index is 1.09. The van der Waals surface area contributed by atoms with Crippen molar-refractivity contribution in [3.8, 4) is 16.1 Å². The second-order valence-corrected chi connectivity index (χ2v) is 13.2. The van der Waals surface area contributed by atoms with Gasteiger partial charge in [-0.05, 0) is 99.5 Å². The molecule has 208 valence electrons. The van der Waals surface area contributed by atoms with E-state index in [0.29, 0.717) is 16.3 Å². The maximum Gasteiger partial charge on any atom is 0.282 e. The van der Waals surface area contributed by atoms with E-state index in [1.165, 1.54) is 27.1 Å². The SMILES string of the molecule is Cc1ncsc1-c1ccc(CCN2CCC(c3cccc4c3C(C)(C)c3nc(=O)c5c(Cl)cccc5n3-4)CC2)cc1. The molecule has 1 fully saturated rings. The smallest absolute Gasteiger partial charge is 0.282 e. The lowest BCUT2D eigenvalue weighted by atomic mass is 9.77. The summed E-state index contributed by atoms with van der Waals surface area (Å²) < 4.78 is 2.16. The zero-order chi connectivity index (χ0) is 28.3. The molecule has 0 saturated carbocycles. The number of halogens is 1. The van der Waals surface area contributed by atoms with Crippen molar-refractivity contribution in [3.05, 3.63) is 110 Å². The molecule has 3 aromatic carbocycles. The molecule has 0 amide bonds. The first-order chi connectivity index (χ1) is 19.8. The molecule has 0 aliphatic carbocycles. The fourth-order valence-corrected chi connectivity index (χ4v) is 7.99. The Hall–Kier alpha value is -3.32. The summed E-state index contributed by atoms with van der Waals surface area (Å²) in [5.41, 5.74) is 9.70. The van der Waals surface area contributed by atoms with Crippen molar-refractivity contribution in [2.24, 2.45) is 0 Å². The number of thiazole rings is 1. The molecule has 0 N–H and O–H groups in total. The molecule has 4 heterocycles. The van der Waals surface area contributed by atoms with Crippen LogP contribution in [0.2, 0.25) is 5.02 Å². The zero-order valence-corrected chi connectivity index (χ0v) is 25.2. The van der Waals surface area contributed by atoms with Gasteiger partial charge in [0.05, 0.1) is 43.1 Å². The number of benzene rings is 3. The van der Waals surface area contributed by atoms with Gasteiger partial charge >= 0.3 is 0 Å². The van der Waals surface area contributed by atoms with Crippen LogP contribution in [0.4, 0.5) is 0 Å². The minimum absolute atomic E-state index is 0.249. The van der Waals surface area contributed by atoms with Crippen LogP contribution in [-0.4, -0.2) is 39.1 Å². The highest BCUT2D eigenvalue weighted by Gasteiger charge is 2.41. The van der Waals surface area contributed by atoms with Crippen molar-refractivity contribution in [2.45, 2.75) is 51.4 Å². The van der Waals surface area contributed by atoms with E-state index >= 15 is 0 Å². The van der Waals surface area contributed by atoms with E-state index in [0.717, 1.165) is 61.6 Å². The third-order valence-electron chi connectivity index (χ3n) is 9.07. The first-order valence-electron chi connectivity index (χ1n) is 14.4. The Morgan fingerprint density at radius 2 is 1.78 bits per heavy atom. The van der Waals surface area contributed by atoms with E-state index in [2.05, 4.69) is 82.7 Å². The lowest BCUT2D eigenvalue weighted by Gasteiger charge is -2.34. The van der Waals surface area contributed by atoms with Gasteiger partial charge in [0.25, 0.3) is 5.56 Å². The Kier molecular flexibility index (Phi) is 6.61. The molecule has 0 radical (unpaired) electrons. The largest absolute Gasteiger partial charge is 0.303 e. The zero-order valence-electron chi connectivity index (χ0n) is 23.7. The van der Waals surface area contributed by atoms with Crippen LogP contribution in [0, 0.1) is 6.92 Å². The quantitative estimate of drug-likeness (QED) is 0.216. The number of piperidine rings is 1. The second-order valence-electron chi connectivity index (χ2n) is 11.9. The summed E-state index contributed by atoms with van der Waals surface area (Å²) in [7, 11) is 0. The first-order valence-corrected chi connectivity index (χ1v) is 15.7. The number of fused-ring (bicyclic) bond motifs is 5. The highest BCUT2D eigenvalue weighted by molar-refractivity contribution is 7.13. The third kappa shape index (κ3) is 4.44. The molecular formula is C34H33ClN4OS. The van der Waals surface area contributed by atoms with Crippen LogP contribution in [0.15, 0.2) is 71.0 Å². The van der Waals surface area contributed by atoms with Crippen molar-refractivity contribution in [3.63, 3.8) is 0 Å². The Morgan fingerprint density at radius 3 is 2.51 bits per heavy atom. The lowest BCUT2D eigenvalue weighted by molar-refractivity contribution is 0.214. The molecule has 1 saturated heterocycles. The van der Waals surface area contributed by atoms with Crippen molar-refractivity contribution in [1.82, 2.24) is 19.4 Å². The van der Waals surface area contributed by atoms with Crippen LogP contribution in [0.5, 0.6) is 0 Å². The maximum absolute atomic E-state index is 13.1. The van der Waals surface area contributed by atoms with Crippen LogP contribution in [-0.2, 0) is 11.8 Å². The van der Waals surface area contributed by atoms with Crippen LogP contribution in [0.1, 0.15) is 60.8 Å². The van der Waals surface area contributed by atoms with Gasteiger partial charge in [-0.1, -0.05) is 54.1 Å². The van der Waals surface area contributed by atoms with Gasteiger partial charge in [0.1, 0.15) is 5.82 Å². The summed E-state index contributed by atoms with van der Waals surface area (Å²) in [5.74, 6) is 1.28. The molecule has 0 atom stereocenters. The molecule has 5 aromatic rings. The minimum atomic E-state index is -0.372. The first kappa shape index (κ1) is 26.6. The number of aryl methyl sites for hydroxylation is 1. The predicted octanol–water partition coefficient (Wildman–Crippen LogP) is 7.53. The van der Waals surface area contributed by atoms with E-state index in [9.17, 15) is 4.79 Å². The van der Waals surface area contributed by atoms with E-state index in [1.54, 1.807) is 17.4 Å². The fraction of sp³-hybridized carbons (Fsp3) is 0.324. The standard InChI is InChI=1S/C34H33ClN4OS/c1-21-31(41-20-36-21)24-12-10-22(11-13-24)14-17-38-18-15-23(16-19-38)25-6-4-9-28-30(25)34(2,3)33-37-32(40)29-26(35)7-5-8-27(29)39(28)33/h4-13,20,23H,14-19H2,1-3H3. The van der Waals surface area contributed by atoms with Crippen molar-refractivity contribution >= 4 is 33.8 Å². The van der Waals surface area contributed by atoms with Crippen molar-refractivity contribution in [1.29, 1.82) is 0 Å². The highest BCUT2D eigenvalue weighted by atomic mass is 35.5. The lowest BCUT2D eigenvalue weighted by Crippen LogP contribution is -2.35. The minimum Gasteiger partial charge on any atom is -0.303 e. The van der Waals surface area contributed by atoms with Gasteiger partial charge in [0.15, 0.2) is 0 Å². The molecule has 0 spiro atoms. The topological polar surface area (TPSA) is 51.0 Å².